The molecule has 1 heterocycles. The van der Waals surface area contributed by atoms with Crippen molar-refractivity contribution in [2.75, 3.05) is 26.3 Å². The zero-order valence-corrected chi connectivity index (χ0v) is 12.1. The summed E-state index contributed by atoms with van der Waals surface area (Å²) in [6.45, 7) is 3.32. The van der Waals surface area contributed by atoms with E-state index in [0.717, 1.165) is 0 Å². The van der Waals surface area contributed by atoms with Crippen molar-refractivity contribution >= 4 is 5.91 Å². The van der Waals surface area contributed by atoms with Crippen LogP contribution in [0.2, 0.25) is 0 Å². The van der Waals surface area contributed by atoms with Crippen LogP contribution >= 0.6 is 0 Å². The van der Waals surface area contributed by atoms with Crippen LogP contribution in [0.3, 0.4) is 0 Å². The molecule has 1 amide bonds. The minimum Gasteiger partial charge on any atom is -0.394 e. The molecule has 5 nitrogen and oxygen atoms in total. The van der Waals surface area contributed by atoms with Gasteiger partial charge in [0.2, 0.25) is 5.91 Å². The van der Waals surface area contributed by atoms with E-state index >= 15 is 0 Å². The van der Waals surface area contributed by atoms with Crippen molar-refractivity contribution in [3.05, 3.63) is 35.6 Å². The van der Waals surface area contributed by atoms with Gasteiger partial charge in [-0.15, -0.1) is 0 Å². The molecule has 6 heteroatoms. The maximum Gasteiger partial charge on any atom is 0.234 e. The lowest BCUT2D eigenvalue weighted by Crippen LogP contribution is -2.52. The fourth-order valence-electron chi connectivity index (χ4n) is 2.28. The van der Waals surface area contributed by atoms with Gasteiger partial charge in [-0.05, 0) is 13.0 Å². The molecule has 1 aromatic rings. The van der Waals surface area contributed by atoms with Crippen molar-refractivity contribution in [3.63, 3.8) is 0 Å². The lowest BCUT2D eigenvalue weighted by Gasteiger charge is -2.36. The first-order chi connectivity index (χ1) is 10.1. The van der Waals surface area contributed by atoms with Crippen molar-refractivity contribution in [2.24, 2.45) is 0 Å². The molecular weight excluding hydrogens is 275 g/mol. The van der Waals surface area contributed by atoms with Crippen molar-refractivity contribution < 1.29 is 19.0 Å². The van der Waals surface area contributed by atoms with Gasteiger partial charge < -0.3 is 15.2 Å². The molecule has 1 aliphatic rings. The molecule has 2 N–H and O–H groups in total. The second-order valence-electron chi connectivity index (χ2n) is 5.28. The van der Waals surface area contributed by atoms with E-state index in [1.54, 1.807) is 18.2 Å². The van der Waals surface area contributed by atoms with E-state index < -0.39 is 0 Å². The van der Waals surface area contributed by atoms with Crippen molar-refractivity contribution in [2.45, 2.75) is 25.6 Å². The third-order valence-electron chi connectivity index (χ3n) is 3.62. The average molecular weight is 296 g/mol. The van der Waals surface area contributed by atoms with Crippen molar-refractivity contribution in [1.82, 2.24) is 10.2 Å². The number of ether oxygens (including phenoxy) is 1. The second-order valence-corrected chi connectivity index (χ2v) is 5.28. The molecule has 1 fully saturated rings. The number of carbonyl (C=O) groups is 1. The number of hydrogen-bond acceptors (Lipinski definition) is 4. The molecule has 2 unspecified atom stereocenters. The van der Waals surface area contributed by atoms with Gasteiger partial charge in [0.15, 0.2) is 0 Å². The van der Waals surface area contributed by atoms with Gasteiger partial charge in [0.1, 0.15) is 5.82 Å². The monoisotopic (exact) mass is 296 g/mol. The number of aliphatic hydroxyl groups excluding tert-OH is 1. The maximum atomic E-state index is 13.5. The molecule has 0 bridgehead atoms. The maximum absolute atomic E-state index is 13.5. The van der Waals surface area contributed by atoms with Crippen molar-refractivity contribution in [3.8, 4) is 0 Å². The van der Waals surface area contributed by atoms with Crippen LogP contribution in [0.15, 0.2) is 24.3 Å². The van der Waals surface area contributed by atoms with E-state index in [2.05, 4.69) is 5.32 Å². The Morgan fingerprint density at radius 3 is 3.00 bits per heavy atom. The summed E-state index contributed by atoms with van der Waals surface area (Å²) >= 11 is 0. The van der Waals surface area contributed by atoms with Crippen LogP contribution in [-0.4, -0.2) is 54.4 Å². The third kappa shape index (κ3) is 4.49. The van der Waals surface area contributed by atoms with Gasteiger partial charge in [0, 0.05) is 24.7 Å². The number of halogens is 1. The highest BCUT2D eigenvalue weighted by molar-refractivity contribution is 5.78. The SMILES string of the molecule is CC1COC(CO)CN1CC(=O)NCc1ccccc1F. The minimum atomic E-state index is -0.321. The van der Waals surface area contributed by atoms with Gasteiger partial charge in [-0.25, -0.2) is 4.39 Å². The van der Waals surface area contributed by atoms with Crippen LogP contribution in [0, 0.1) is 5.82 Å². The summed E-state index contributed by atoms with van der Waals surface area (Å²) in [5, 5.41) is 11.8. The Kier molecular flexibility index (Phi) is 5.67. The summed E-state index contributed by atoms with van der Waals surface area (Å²) in [6, 6.07) is 6.49. The molecule has 21 heavy (non-hydrogen) atoms. The molecule has 0 spiro atoms. The lowest BCUT2D eigenvalue weighted by atomic mass is 10.2. The quantitative estimate of drug-likeness (QED) is 0.832. The number of nitrogens with one attached hydrogen (secondary N) is 1. The molecule has 1 aromatic carbocycles. The standard InChI is InChI=1S/C15H21FN2O3/c1-11-10-21-13(9-19)7-18(11)8-15(20)17-6-12-4-2-3-5-14(12)16/h2-5,11,13,19H,6-10H2,1H3,(H,17,20). The number of morpholine rings is 1. The van der Waals surface area contributed by atoms with Crippen LogP contribution < -0.4 is 5.32 Å². The summed E-state index contributed by atoms with van der Waals surface area (Å²) in [4.78, 5) is 13.9. The van der Waals surface area contributed by atoms with E-state index in [1.165, 1.54) is 6.07 Å². The molecule has 116 valence electrons. The highest BCUT2D eigenvalue weighted by Crippen LogP contribution is 2.11. The normalized spacial score (nSPS) is 23.0. The third-order valence-corrected chi connectivity index (χ3v) is 3.62. The topological polar surface area (TPSA) is 61.8 Å². The number of rotatable bonds is 5. The van der Waals surface area contributed by atoms with Crippen LogP contribution in [0.25, 0.3) is 0 Å². The van der Waals surface area contributed by atoms with E-state index in [1.807, 2.05) is 11.8 Å². The molecule has 0 saturated carbocycles. The van der Waals surface area contributed by atoms with Crippen molar-refractivity contribution in [1.29, 1.82) is 0 Å². The fourth-order valence-corrected chi connectivity index (χ4v) is 2.28. The summed E-state index contributed by atoms with van der Waals surface area (Å²) in [5.74, 6) is -0.485. The fraction of sp³-hybridized carbons (Fsp3) is 0.533. The Labute approximate surface area is 123 Å². The summed E-state index contributed by atoms with van der Waals surface area (Å²) in [7, 11) is 0. The molecule has 0 radical (unpaired) electrons. The number of hydrogen-bond donors (Lipinski definition) is 2. The Morgan fingerprint density at radius 1 is 1.52 bits per heavy atom. The van der Waals surface area contributed by atoms with E-state index in [-0.39, 0.29) is 43.6 Å². The Bertz CT molecular complexity index is 484. The number of carbonyl (C=O) groups excluding carboxylic acids is 1. The van der Waals surface area contributed by atoms with Gasteiger partial charge in [0.25, 0.3) is 0 Å². The number of aliphatic hydroxyl groups is 1. The predicted octanol–water partition coefficient (Wildman–Crippen LogP) is 0.524. The van der Waals surface area contributed by atoms with Crippen LogP contribution in [0.1, 0.15) is 12.5 Å². The number of benzene rings is 1. The Hall–Kier alpha value is -1.50. The zero-order valence-electron chi connectivity index (χ0n) is 12.1. The summed E-state index contributed by atoms with van der Waals surface area (Å²) in [6.07, 6.45) is -0.249. The van der Waals surface area contributed by atoms with Gasteiger partial charge in [-0.3, -0.25) is 9.69 Å². The van der Waals surface area contributed by atoms with E-state index in [4.69, 9.17) is 9.84 Å². The van der Waals surface area contributed by atoms with E-state index in [9.17, 15) is 9.18 Å². The summed E-state index contributed by atoms with van der Waals surface area (Å²) < 4.78 is 18.9. The molecular formula is C15H21FN2O3. The molecule has 2 atom stereocenters. The average Bonchev–Trinajstić information content (AvgIpc) is 2.48. The van der Waals surface area contributed by atoms with Crippen LogP contribution in [0.5, 0.6) is 0 Å². The molecule has 1 aliphatic heterocycles. The van der Waals surface area contributed by atoms with Gasteiger partial charge >= 0.3 is 0 Å². The first-order valence-corrected chi connectivity index (χ1v) is 7.06. The highest BCUT2D eigenvalue weighted by Gasteiger charge is 2.26. The minimum absolute atomic E-state index is 0.0555. The largest absolute Gasteiger partial charge is 0.394 e. The first kappa shape index (κ1) is 15.9. The smallest absolute Gasteiger partial charge is 0.234 e. The molecule has 0 aliphatic carbocycles. The van der Waals surface area contributed by atoms with Gasteiger partial charge in [-0.1, -0.05) is 18.2 Å². The molecule has 2 rings (SSSR count). The Balaban J connectivity index is 1.82. The molecule has 0 aromatic heterocycles. The number of amides is 1. The first-order valence-electron chi connectivity index (χ1n) is 7.06. The van der Waals surface area contributed by atoms with Crippen LogP contribution in [-0.2, 0) is 16.1 Å². The zero-order chi connectivity index (χ0) is 15.2. The highest BCUT2D eigenvalue weighted by atomic mass is 19.1. The Morgan fingerprint density at radius 2 is 2.29 bits per heavy atom. The van der Waals surface area contributed by atoms with Gasteiger partial charge in [0.05, 0.1) is 25.9 Å². The van der Waals surface area contributed by atoms with Gasteiger partial charge in [-0.2, -0.15) is 0 Å². The predicted molar refractivity (Wildman–Crippen MR) is 76.1 cm³/mol. The number of nitrogens with zero attached hydrogens (tertiary/aromatic N) is 1. The second kappa shape index (κ2) is 7.49. The van der Waals surface area contributed by atoms with Crippen LogP contribution in [0.4, 0.5) is 4.39 Å². The van der Waals surface area contributed by atoms with E-state index in [0.29, 0.717) is 18.7 Å². The lowest BCUT2D eigenvalue weighted by molar-refractivity contribution is -0.127. The molecule has 1 saturated heterocycles. The summed E-state index contributed by atoms with van der Waals surface area (Å²) in [5.41, 5.74) is 0.467.